The predicted octanol–water partition coefficient (Wildman–Crippen LogP) is -0.469. The number of para-hydroxylation sites is 1. The van der Waals surface area contributed by atoms with Crippen molar-refractivity contribution < 1.29 is 39.3 Å². The lowest BCUT2D eigenvalue weighted by Crippen LogP contribution is -2.61. The van der Waals surface area contributed by atoms with E-state index in [1.54, 1.807) is 32.2 Å². The fraction of sp³-hybridized carbons (Fsp3) is 0.480. The Hall–Kier alpha value is -3.62. The molecular formula is C25H35N5O8S. The number of carboxylic acids is 2. The second-order valence-electron chi connectivity index (χ2n) is 9.81. The lowest BCUT2D eigenvalue weighted by Gasteiger charge is -2.29. The van der Waals surface area contributed by atoms with Gasteiger partial charge in [0.15, 0.2) is 0 Å². The number of H-pyrrole nitrogens is 1. The number of carbonyl (C=O) groups is 5. The molecule has 39 heavy (non-hydrogen) atoms. The van der Waals surface area contributed by atoms with Crippen LogP contribution in [0.15, 0.2) is 30.5 Å². The van der Waals surface area contributed by atoms with E-state index in [-0.39, 0.29) is 12.8 Å². The van der Waals surface area contributed by atoms with E-state index in [4.69, 9.17) is 10.8 Å². The standard InChI is InChI=1S/C25H35N5O8S/c1-12(31)19(30-21(34)16(8-9-18(32)33)28-23(36)20(26)25(2,3)39)22(35)29-17(24(37)38)10-13-11-27-15-7-5-4-6-14(13)15/h4-7,11-12,16-17,19-20,27,31,39H,8-10,26H2,1-3H3,(H,28,36)(H,29,35)(H,30,34)(H,32,33)(H,37,38)/t12-,16+,17+,19+,20-/m1/s1. The Kier molecular flexibility index (Phi) is 10.9. The number of hydrogen-bond acceptors (Lipinski definition) is 8. The second kappa shape index (κ2) is 13.4. The Balaban J connectivity index is 2.18. The normalized spacial score (nSPS) is 15.4. The van der Waals surface area contributed by atoms with Crippen LogP contribution < -0.4 is 21.7 Å². The highest BCUT2D eigenvalue weighted by Crippen LogP contribution is 2.19. The summed E-state index contributed by atoms with van der Waals surface area (Å²) in [5, 5.41) is 36.8. The zero-order chi connectivity index (χ0) is 29.5. The molecule has 0 spiro atoms. The number of fused-ring (bicyclic) bond motifs is 1. The Morgan fingerprint density at radius 1 is 1.00 bits per heavy atom. The van der Waals surface area contributed by atoms with Crippen molar-refractivity contribution in [2.75, 3.05) is 0 Å². The molecule has 2 aromatic rings. The monoisotopic (exact) mass is 565 g/mol. The molecule has 0 unspecified atom stereocenters. The summed E-state index contributed by atoms with van der Waals surface area (Å²) in [6, 6.07) is 1.64. The number of thiol groups is 1. The molecule has 13 nitrogen and oxygen atoms in total. The third kappa shape index (κ3) is 8.97. The van der Waals surface area contributed by atoms with E-state index in [0.29, 0.717) is 5.56 Å². The number of nitrogens with two attached hydrogens (primary N) is 1. The summed E-state index contributed by atoms with van der Waals surface area (Å²) in [5.41, 5.74) is 7.29. The summed E-state index contributed by atoms with van der Waals surface area (Å²) in [7, 11) is 0. The van der Waals surface area contributed by atoms with Crippen LogP contribution in [0, 0.1) is 0 Å². The van der Waals surface area contributed by atoms with Crippen molar-refractivity contribution in [2.45, 2.75) is 75.1 Å². The summed E-state index contributed by atoms with van der Waals surface area (Å²) in [6.07, 6.45) is -0.743. The third-order valence-corrected chi connectivity index (χ3v) is 6.38. The molecule has 14 heteroatoms. The fourth-order valence-electron chi connectivity index (χ4n) is 3.76. The smallest absolute Gasteiger partial charge is 0.326 e. The SMILES string of the molecule is C[C@@H](O)[C@H](NC(=O)[C@H](CCC(=O)O)NC(=O)[C@@H](N)C(C)(C)S)C(=O)N[C@@H](Cc1c[nH]c2ccccc12)C(=O)O. The van der Waals surface area contributed by atoms with Crippen LogP contribution in [0.1, 0.15) is 39.2 Å². The lowest BCUT2D eigenvalue weighted by atomic mass is 10.0. The molecule has 5 atom stereocenters. The number of aliphatic carboxylic acids is 2. The highest BCUT2D eigenvalue weighted by atomic mass is 32.1. The number of amides is 3. The van der Waals surface area contributed by atoms with E-state index < -0.39 is 71.1 Å². The molecule has 1 aromatic carbocycles. The molecule has 0 saturated heterocycles. The topological polar surface area (TPSA) is 224 Å². The van der Waals surface area contributed by atoms with E-state index >= 15 is 0 Å². The van der Waals surface area contributed by atoms with Gasteiger partial charge in [-0.2, -0.15) is 12.6 Å². The number of rotatable bonds is 14. The van der Waals surface area contributed by atoms with Crippen LogP contribution >= 0.6 is 12.6 Å². The van der Waals surface area contributed by atoms with Crippen molar-refractivity contribution in [3.8, 4) is 0 Å². The van der Waals surface area contributed by atoms with Gasteiger partial charge in [0.2, 0.25) is 17.7 Å². The number of aromatic amines is 1. The Morgan fingerprint density at radius 2 is 1.62 bits per heavy atom. The van der Waals surface area contributed by atoms with Crippen molar-refractivity contribution in [2.24, 2.45) is 5.73 Å². The number of aromatic nitrogens is 1. The van der Waals surface area contributed by atoms with E-state index in [1.807, 2.05) is 12.1 Å². The molecule has 0 saturated carbocycles. The Bertz CT molecular complexity index is 1210. The van der Waals surface area contributed by atoms with Gasteiger partial charge in [0.1, 0.15) is 18.1 Å². The first-order valence-corrected chi connectivity index (χ1v) is 12.6. The highest BCUT2D eigenvalue weighted by molar-refractivity contribution is 7.81. The van der Waals surface area contributed by atoms with Crippen molar-refractivity contribution in [3.05, 3.63) is 36.0 Å². The van der Waals surface area contributed by atoms with E-state index in [9.17, 15) is 34.2 Å². The maximum atomic E-state index is 13.0. The summed E-state index contributed by atoms with van der Waals surface area (Å²) < 4.78 is -0.962. The third-order valence-electron chi connectivity index (χ3n) is 6.10. The molecule has 0 bridgehead atoms. The van der Waals surface area contributed by atoms with Crippen molar-refractivity contribution >= 4 is 53.2 Å². The van der Waals surface area contributed by atoms with Gasteiger partial charge >= 0.3 is 11.9 Å². The minimum Gasteiger partial charge on any atom is -0.481 e. The number of nitrogens with one attached hydrogen (secondary N) is 4. The van der Waals surface area contributed by atoms with Gasteiger partial charge < -0.3 is 42.0 Å². The first-order valence-electron chi connectivity index (χ1n) is 12.2. The first kappa shape index (κ1) is 31.6. The van der Waals surface area contributed by atoms with Gasteiger partial charge in [0.05, 0.1) is 12.1 Å². The van der Waals surface area contributed by atoms with Gasteiger partial charge in [0.25, 0.3) is 0 Å². The van der Waals surface area contributed by atoms with Crippen LogP contribution in [0.25, 0.3) is 10.9 Å². The predicted molar refractivity (Wildman–Crippen MR) is 145 cm³/mol. The molecule has 0 aliphatic rings. The molecule has 1 aromatic heterocycles. The van der Waals surface area contributed by atoms with Gasteiger partial charge in [-0.15, -0.1) is 0 Å². The maximum Gasteiger partial charge on any atom is 0.326 e. The molecule has 3 amide bonds. The zero-order valence-corrected chi connectivity index (χ0v) is 22.7. The van der Waals surface area contributed by atoms with Gasteiger partial charge in [0, 0.05) is 34.7 Å². The molecule has 0 aliphatic carbocycles. The quantitative estimate of drug-likeness (QED) is 0.135. The van der Waals surface area contributed by atoms with Crippen LogP contribution in [0.4, 0.5) is 0 Å². The van der Waals surface area contributed by atoms with Crippen LogP contribution in [0.5, 0.6) is 0 Å². The van der Waals surface area contributed by atoms with E-state index in [0.717, 1.165) is 10.9 Å². The maximum absolute atomic E-state index is 13.0. The summed E-state index contributed by atoms with van der Waals surface area (Å²) >= 11 is 4.24. The molecule has 1 heterocycles. The molecule has 0 fully saturated rings. The molecule has 0 aliphatic heterocycles. The lowest BCUT2D eigenvalue weighted by molar-refractivity contribution is -0.143. The second-order valence-corrected chi connectivity index (χ2v) is 11.0. The van der Waals surface area contributed by atoms with Crippen LogP contribution in [-0.2, 0) is 30.4 Å². The van der Waals surface area contributed by atoms with Crippen LogP contribution in [0.2, 0.25) is 0 Å². The number of hydrogen-bond donors (Lipinski definition) is 9. The van der Waals surface area contributed by atoms with Gasteiger partial charge in [-0.05, 0) is 38.8 Å². The highest BCUT2D eigenvalue weighted by Gasteiger charge is 2.35. The Labute approximate surface area is 230 Å². The van der Waals surface area contributed by atoms with Gasteiger partial charge in [-0.3, -0.25) is 19.2 Å². The number of aliphatic hydroxyl groups is 1. The number of benzene rings is 1. The number of carbonyl (C=O) groups excluding carboxylic acids is 3. The fourth-order valence-corrected chi connectivity index (χ4v) is 3.88. The summed E-state index contributed by atoms with van der Waals surface area (Å²) in [4.78, 5) is 64.6. The molecule has 2 rings (SSSR count). The zero-order valence-electron chi connectivity index (χ0n) is 21.8. The Morgan fingerprint density at radius 3 is 2.18 bits per heavy atom. The summed E-state index contributed by atoms with van der Waals surface area (Å²) in [5.74, 6) is -5.28. The summed E-state index contributed by atoms with van der Waals surface area (Å²) in [6.45, 7) is 4.37. The van der Waals surface area contributed by atoms with Crippen molar-refractivity contribution in [3.63, 3.8) is 0 Å². The molecule has 0 radical (unpaired) electrons. The number of aliphatic hydroxyl groups excluding tert-OH is 1. The molecule has 214 valence electrons. The first-order chi connectivity index (χ1) is 18.1. The minimum absolute atomic E-state index is 0.0831. The minimum atomic E-state index is -1.61. The van der Waals surface area contributed by atoms with E-state index in [1.165, 1.54) is 6.92 Å². The molecular weight excluding hydrogens is 530 g/mol. The number of carboxylic acid groups (broad SMARTS) is 2. The average molecular weight is 566 g/mol. The van der Waals surface area contributed by atoms with Crippen LogP contribution in [-0.4, -0.2) is 85.0 Å². The molecule has 9 N–H and O–H groups in total. The van der Waals surface area contributed by atoms with Crippen molar-refractivity contribution in [1.29, 1.82) is 0 Å². The largest absolute Gasteiger partial charge is 0.481 e. The van der Waals surface area contributed by atoms with Gasteiger partial charge in [-0.25, -0.2) is 4.79 Å². The van der Waals surface area contributed by atoms with Crippen molar-refractivity contribution in [1.82, 2.24) is 20.9 Å². The van der Waals surface area contributed by atoms with Gasteiger partial charge in [-0.1, -0.05) is 18.2 Å². The van der Waals surface area contributed by atoms with Crippen LogP contribution in [0.3, 0.4) is 0 Å². The van der Waals surface area contributed by atoms with E-state index in [2.05, 4.69) is 33.6 Å². The average Bonchev–Trinajstić information content (AvgIpc) is 3.25.